The number of hydrogen-bond acceptors (Lipinski definition) is 3. The molecule has 1 heterocycles. The Bertz CT molecular complexity index is 479. The van der Waals surface area contributed by atoms with Crippen molar-refractivity contribution < 1.29 is 10.2 Å². The lowest BCUT2D eigenvalue weighted by Crippen LogP contribution is -1.90. The number of halogens is 1. The molecular weight excluding hydrogens is 248 g/mol. The molecule has 0 radical (unpaired) electrons. The predicted molar refractivity (Wildman–Crippen MR) is 59.1 cm³/mol. The molecule has 0 amide bonds. The summed E-state index contributed by atoms with van der Waals surface area (Å²) in [5.41, 5.74) is 1.01. The zero-order chi connectivity index (χ0) is 9.59. The largest absolute Gasteiger partial charge is 0.506 e. The maximum Gasteiger partial charge on any atom is 0.143 e. The van der Waals surface area contributed by atoms with E-state index in [-0.39, 0.29) is 28.5 Å². The van der Waals surface area contributed by atoms with E-state index in [1.165, 1.54) is 12.1 Å². The molecule has 0 fully saturated rings. The second kappa shape index (κ2) is 3.49. The van der Waals surface area contributed by atoms with Gasteiger partial charge in [0.1, 0.15) is 28.4 Å². The molecule has 0 saturated carbocycles. The number of hydrogen-bond donors (Lipinski definition) is 2. The highest BCUT2D eigenvalue weighted by Gasteiger charge is 2.11. The molecule has 5 heteroatoms. The van der Waals surface area contributed by atoms with Gasteiger partial charge in [-0.15, -0.1) is 17.0 Å². The van der Waals surface area contributed by atoms with Crippen molar-refractivity contribution in [1.29, 1.82) is 0 Å². The molecule has 0 saturated heterocycles. The molecule has 0 spiro atoms. The van der Waals surface area contributed by atoms with Crippen molar-refractivity contribution in [3.63, 3.8) is 0 Å². The zero-order valence-electron chi connectivity index (χ0n) is 7.85. The number of phenolic OH excluding ortho intramolecular Hbond substituents is 2. The number of benzene rings is 1. The quantitative estimate of drug-likeness (QED) is 0.710. The van der Waals surface area contributed by atoms with Gasteiger partial charge in [0.25, 0.3) is 0 Å². The van der Waals surface area contributed by atoms with Crippen LogP contribution in [0.4, 0.5) is 0 Å². The van der Waals surface area contributed by atoms with Gasteiger partial charge in [-0.05, 0) is 19.1 Å². The van der Waals surface area contributed by atoms with E-state index in [4.69, 9.17) is 0 Å². The average Bonchev–Trinajstić information content (AvgIpc) is 2.38. The fourth-order valence-corrected chi connectivity index (χ4v) is 1.40. The average molecular weight is 259 g/mol. The number of fused-ring (bicyclic) bond motifs is 1. The number of imidazole rings is 1. The lowest BCUT2D eigenvalue weighted by Gasteiger charge is -1.99. The van der Waals surface area contributed by atoms with Gasteiger partial charge in [0.2, 0.25) is 0 Å². The van der Waals surface area contributed by atoms with Crippen molar-refractivity contribution in [2.75, 3.05) is 0 Å². The summed E-state index contributed by atoms with van der Waals surface area (Å²) in [6, 6.07) is 2.89. The maximum atomic E-state index is 9.52. The standard InChI is InChI=1S/C9H10N2O2.BrH/c1-5-10-8-6(12)3-4-7(13)9(8)11(5)2;/h3-4,12-13H,1-2H3;1H. The van der Waals surface area contributed by atoms with Gasteiger partial charge in [-0.2, -0.15) is 0 Å². The van der Waals surface area contributed by atoms with Gasteiger partial charge < -0.3 is 14.8 Å². The molecule has 4 nitrogen and oxygen atoms in total. The molecule has 2 aromatic rings. The van der Waals surface area contributed by atoms with Crippen LogP contribution in [0.2, 0.25) is 0 Å². The second-order valence-electron chi connectivity index (χ2n) is 3.02. The van der Waals surface area contributed by atoms with Gasteiger partial charge in [-0.3, -0.25) is 0 Å². The van der Waals surface area contributed by atoms with Crippen LogP contribution in [-0.2, 0) is 7.05 Å². The lowest BCUT2D eigenvalue weighted by atomic mass is 10.2. The van der Waals surface area contributed by atoms with Crippen molar-refractivity contribution >= 4 is 28.0 Å². The van der Waals surface area contributed by atoms with E-state index >= 15 is 0 Å². The topological polar surface area (TPSA) is 58.3 Å². The van der Waals surface area contributed by atoms with Crippen LogP contribution in [0.15, 0.2) is 12.1 Å². The van der Waals surface area contributed by atoms with E-state index in [0.29, 0.717) is 11.0 Å². The fraction of sp³-hybridized carbons (Fsp3) is 0.222. The van der Waals surface area contributed by atoms with E-state index in [9.17, 15) is 10.2 Å². The van der Waals surface area contributed by atoms with Gasteiger partial charge in [-0.25, -0.2) is 4.98 Å². The minimum Gasteiger partial charge on any atom is -0.506 e. The molecule has 76 valence electrons. The Balaban J connectivity index is 0.000000980. The van der Waals surface area contributed by atoms with Crippen molar-refractivity contribution in [3.05, 3.63) is 18.0 Å². The van der Waals surface area contributed by atoms with E-state index in [2.05, 4.69) is 4.98 Å². The van der Waals surface area contributed by atoms with Crippen LogP contribution < -0.4 is 0 Å². The van der Waals surface area contributed by atoms with Gasteiger partial charge in [0, 0.05) is 7.05 Å². The maximum absolute atomic E-state index is 9.52. The number of nitrogens with zero attached hydrogens (tertiary/aromatic N) is 2. The second-order valence-corrected chi connectivity index (χ2v) is 3.02. The highest BCUT2D eigenvalue weighted by atomic mass is 79.9. The number of phenols is 2. The number of aryl methyl sites for hydroxylation is 2. The Morgan fingerprint density at radius 2 is 1.79 bits per heavy atom. The molecule has 0 aliphatic rings. The molecule has 1 aromatic heterocycles. The number of rotatable bonds is 0. The van der Waals surface area contributed by atoms with Crippen LogP contribution in [0.1, 0.15) is 5.82 Å². The Labute approximate surface area is 91.6 Å². The number of aromatic nitrogens is 2. The van der Waals surface area contributed by atoms with Crippen LogP contribution in [0.5, 0.6) is 11.5 Å². The summed E-state index contributed by atoms with van der Waals surface area (Å²) in [4.78, 5) is 4.13. The smallest absolute Gasteiger partial charge is 0.143 e. The van der Waals surface area contributed by atoms with Crippen LogP contribution in [0.3, 0.4) is 0 Å². The lowest BCUT2D eigenvalue weighted by molar-refractivity contribution is 0.467. The molecule has 1 aromatic carbocycles. The summed E-state index contributed by atoms with van der Waals surface area (Å²) >= 11 is 0. The van der Waals surface area contributed by atoms with Crippen molar-refractivity contribution in [2.24, 2.45) is 7.05 Å². The van der Waals surface area contributed by atoms with Crippen LogP contribution >= 0.6 is 17.0 Å². The summed E-state index contributed by atoms with van der Waals surface area (Å²) in [7, 11) is 1.80. The predicted octanol–water partition coefficient (Wildman–Crippen LogP) is 1.87. The van der Waals surface area contributed by atoms with E-state index in [1.807, 2.05) is 6.92 Å². The van der Waals surface area contributed by atoms with Gasteiger partial charge >= 0.3 is 0 Å². The first kappa shape index (κ1) is 10.8. The van der Waals surface area contributed by atoms with Crippen molar-refractivity contribution in [1.82, 2.24) is 9.55 Å². The molecule has 2 N–H and O–H groups in total. The summed E-state index contributed by atoms with van der Waals surface area (Å²) in [5.74, 6) is 0.985. The molecule has 0 unspecified atom stereocenters. The third-order valence-electron chi connectivity index (χ3n) is 2.20. The Hall–Kier alpha value is -1.23. The molecule has 0 aliphatic heterocycles. The SMILES string of the molecule is Br.Cc1nc2c(O)ccc(O)c2n1C. The van der Waals surface area contributed by atoms with Gasteiger partial charge in [0.15, 0.2) is 0 Å². The van der Waals surface area contributed by atoms with E-state index in [1.54, 1.807) is 11.6 Å². The summed E-state index contributed by atoms with van der Waals surface area (Å²) in [6.45, 7) is 1.82. The minimum atomic E-state index is 0. The highest BCUT2D eigenvalue weighted by molar-refractivity contribution is 8.93. The summed E-state index contributed by atoms with van der Waals surface area (Å²) in [5, 5.41) is 19.0. The summed E-state index contributed by atoms with van der Waals surface area (Å²) in [6.07, 6.45) is 0. The molecular formula is C9H11BrN2O2. The Morgan fingerprint density at radius 3 is 2.36 bits per heavy atom. The van der Waals surface area contributed by atoms with E-state index in [0.717, 1.165) is 5.82 Å². The Morgan fingerprint density at radius 1 is 1.21 bits per heavy atom. The van der Waals surface area contributed by atoms with Crippen LogP contribution in [-0.4, -0.2) is 19.8 Å². The monoisotopic (exact) mass is 258 g/mol. The molecule has 0 aliphatic carbocycles. The Kier molecular flexibility index (Phi) is 2.71. The molecule has 0 atom stereocenters. The third-order valence-corrected chi connectivity index (χ3v) is 2.20. The number of aromatic hydroxyl groups is 2. The molecule has 2 rings (SSSR count). The molecule has 0 bridgehead atoms. The minimum absolute atomic E-state index is 0. The fourth-order valence-electron chi connectivity index (χ4n) is 1.40. The first-order chi connectivity index (χ1) is 6.11. The van der Waals surface area contributed by atoms with E-state index < -0.39 is 0 Å². The highest BCUT2D eigenvalue weighted by Crippen LogP contribution is 2.30. The third kappa shape index (κ3) is 1.33. The van der Waals surface area contributed by atoms with Gasteiger partial charge in [-0.1, -0.05) is 0 Å². The first-order valence-corrected chi connectivity index (χ1v) is 3.95. The van der Waals surface area contributed by atoms with Crippen molar-refractivity contribution in [2.45, 2.75) is 6.92 Å². The zero-order valence-corrected chi connectivity index (χ0v) is 9.56. The molecule has 14 heavy (non-hydrogen) atoms. The van der Waals surface area contributed by atoms with Gasteiger partial charge in [0.05, 0.1) is 0 Å². The summed E-state index contributed by atoms with van der Waals surface area (Å²) < 4.78 is 1.74. The first-order valence-electron chi connectivity index (χ1n) is 3.95. The van der Waals surface area contributed by atoms with Crippen molar-refractivity contribution in [3.8, 4) is 11.5 Å². The normalized spacial score (nSPS) is 10.1. The van der Waals surface area contributed by atoms with Crippen LogP contribution in [0, 0.1) is 6.92 Å². The van der Waals surface area contributed by atoms with Crippen LogP contribution in [0.25, 0.3) is 11.0 Å².